The van der Waals surface area contributed by atoms with Crippen molar-refractivity contribution in [1.29, 1.82) is 0 Å². The molecule has 2 rings (SSSR count). The first-order chi connectivity index (χ1) is 10.4. The van der Waals surface area contributed by atoms with Crippen molar-refractivity contribution in [3.8, 4) is 5.75 Å². The van der Waals surface area contributed by atoms with Gasteiger partial charge in [-0.3, -0.25) is 4.72 Å². The molecule has 0 saturated heterocycles. The minimum absolute atomic E-state index is 0.243. The number of nitrogens with one attached hydrogen (secondary N) is 1. The van der Waals surface area contributed by atoms with Gasteiger partial charge in [-0.25, -0.2) is 8.42 Å². The van der Waals surface area contributed by atoms with E-state index in [1.165, 1.54) is 0 Å². The van der Waals surface area contributed by atoms with Gasteiger partial charge >= 0.3 is 0 Å². The maximum absolute atomic E-state index is 12.6. The van der Waals surface area contributed by atoms with Crippen LogP contribution in [0.25, 0.3) is 0 Å². The molecule has 22 heavy (non-hydrogen) atoms. The Morgan fingerprint density at radius 3 is 2.27 bits per heavy atom. The Morgan fingerprint density at radius 1 is 1.09 bits per heavy atom. The maximum atomic E-state index is 12.6. The van der Waals surface area contributed by atoms with E-state index in [0.29, 0.717) is 17.9 Å². The summed E-state index contributed by atoms with van der Waals surface area (Å²) in [6, 6.07) is 10.6. The van der Waals surface area contributed by atoms with Gasteiger partial charge in [0.05, 0.1) is 17.7 Å². The first kappa shape index (κ1) is 16.4. The topological polar surface area (TPSA) is 55.4 Å². The van der Waals surface area contributed by atoms with E-state index in [2.05, 4.69) is 4.72 Å². The monoisotopic (exact) mass is 319 g/mol. The van der Waals surface area contributed by atoms with Crippen molar-refractivity contribution >= 4 is 15.7 Å². The van der Waals surface area contributed by atoms with E-state index >= 15 is 0 Å². The summed E-state index contributed by atoms with van der Waals surface area (Å²) in [4.78, 5) is 0.243. The second kappa shape index (κ2) is 6.40. The van der Waals surface area contributed by atoms with E-state index in [0.717, 1.165) is 16.7 Å². The largest absolute Gasteiger partial charge is 0.496 e. The SMILES string of the molecule is CCc1cc(S(=O)(=O)Nc2c(C)cccc2C)ccc1OC. The number of ether oxygens (including phenoxy) is 1. The van der Waals surface area contributed by atoms with Crippen molar-refractivity contribution in [2.75, 3.05) is 11.8 Å². The third kappa shape index (κ3) is 3.25. The molecule has 4 nitrogen and oxygen atoms in total. The number of hydrogen-bond donors (Lipinski definition) is 1. The highest BCUT2D eigenvalue weighted by Crippen LogP contribution is 2.26. The Bertz CT molecular complexity index is 762. The van der Waals surface area contributed by atoms with Crippen LogP contribution in [0.2, 0.25) is 0 Å². The number of sulfonamides is 1. The summed E-state index contributed by atoms with van der Waals surface area (Å²) >= 11 is 0. The first-order valence-corrected chi connectivity index (χ1v) is 8.63. The fourth-order valence-corrected chi connectivity index (χ4v) is 3.62. The van der Waals surface area contributed by atoms with Gasteiger partial charge in [-0.15, -0.1) is 0 Å². The lowest BCUT2D eigenvalue weighted by Crippen LogP contribution is -2.15. The average molecular weight is 319 g/mol. The molecule has 1 N–H and O–H groups in total. The normalized spacial score (nSPS) is 11.3. The second-order valence-electron chi connectivity index (χ2n) is 5.20. The molecule has 0 fully saturated rings. The smallest absolute Gasteiger partial charge is 0.261 e. The summed E-state index contributed by atoms with van der Waals surface area (Å²) in [5.41, 5.74) is 3.30. The van der Waals surface area contributed by atoms with Crippen LogP contribution in [-0.4, -0.2) is 15.5 Å². The molecule has 0 aromatic heterocycles. The van der Waals surface area contributed by atoms with Crippen molar-refractivity contribution in [2.45, 2.75) is 32.1 Å². The highest BCUT2D eigenvalue weighted by Gasteiger charge is 2.18. The number of aryl methyl sites for hydroxylation is 3. The van der Waals surface area contributed by atoms with Crippen LogP contribution in [0.4, 0.5) is 5.69 Å². The molecule has 118 valence electrons. The molecule has 0 heterocycles. The standard InChI is InChI=1S/C17H21NO3S/c1-5-14-11-15(9-10-16(14)21-4)22(19,20)18-17-12(2)7-6-8-13(17)3/h6-11,18H,5H2,1-4H3. The van der Waals surface area contributed by atoms with Gasteiger partial charge in [0.1, 0.15) is 5.75 Å². The number of hydrogen-bond acceptors (Lipinski definition) is 3. The molecule has 5 heteroatoms. The van der Waals surface area contributed by atoms with Crippen LogP contribution in [0.5, 0.6) is 5.75 Å². The van der Waals surface area contributed by atoms with E-state index in [4.69, 9.17) is 4.74 Å². The summed E-state index contributed by atoms with van der Waals surface area (Å²) in [7, 11) is -2.04. The summed E-state index contributed by atoms with van der Waals surface area (Å²) in [5.74, 6) is 0.702. The molecule has 0 saturated carbocycles. The Hall–Kier alpha value is -2.01. The molecular weight excluding hydrogens is 298 g/mol. The average Bonchev–Trinajstić information content (AvgIpc) is 2.50. The fraction of sp³-hybridized carbons (Fsp3) is 0.294. The number of anilines is 1. The van der Waals surface area contributed by atoms with Crippen molar-refractivity contribution < 1.29 is 13.2 Å². The zero-order valence-corrected chi connectivity index (χ0v) is 14.1. The van der Waals surface area contributed by atoms with Gasteiger partial charge in [0.25, 0.3) is 10.0 Å². The predicted molar refractivity (Wildman–Crippen MR) is 89.1 cm³/mol. The number of benzene rings is 2. The van der Waals surface area contributed by atoms with Crippen molar-refractivity contribution in [2.24, 2.45) is 0 Å². The molecule has 0 aliphatic heterocycles. The van der Waals surface area contributed by atoms with Gasteiger partial charge in [0, 0.05) is 0 Å². The number of methoxy groups -OCH3 is 1. The highest BCUT2D eigenvalue weighted by atomic mass is 32.2. The molecule has 0 aliphatic rings. The van der Waals surface area contributed by atoms with Crippen LogP contribution in [0.3, 0.4) is 0 Å². The third-order valence-electron chi connectivity index (χ3n) is 3.66. The van der Waals surface area contributed by atoms with E-state index in [9.17, 15) is 8.42 Å². The summed E-state index contributed by atoms with van der Waals surface area (Å²) in [5, 5.41) is 0. The van der Waals surface area contributed by atoms with Gasteiger partial charge in [-0.2, -0.15) is 0 Å². The molecule has 0 atom stereocenters. The number of rotatable bonds is 5. The Balaban J connectivity index is 2.43. The van der Waals surface area contributed by atoms with Crippen LogP contribution in [0, 0.1) is 13.8 Å². The van der Waals surface area contributed by atoms with Crippen molar-refractivity contribution in [3.05, 3.63) is 53.1 Å². The fourth-order valence-electron chi connectivity index (χ4n) is 2.37. The van der Waals surface area contributed by atoms with E-state index < -0.39 is 10.0 Å². The van der Waals surface area contributed by atoms with Crippen molar-refractivity contribution in [3.63, 3.8) is 0 Å². The maximum Gasteiger partial charge on any atom is 0.261 e. The first-order valence-electron chi connectivity index (χ1n) is 7.15. The quantitative estimate of drug-likeness (QED) is 0.914. The Morgan fingerprint density at radius 2 is 1.73 bits per heavy atom. The van der Waals surface area contributed by atoms with Gasteiger partial charge in [-0.1, -0.05) is 25.1 Å². The van der Waals surface area contributed by atoms with Crippen molar-refractivity contribution in [1.82, 2.24) is 0 Å². The molecule has 0 radical (unpaired) electrons. The van der Waals surface area contributed by atoms with Gasteiger partial charge < -0.3 is 4.74 Å². The molecule has 0 aliphatic carbocycles. The lowest BCUT2D eigenvalue weighted by Gasteiger charge is -2.14. The lowest BCUT2D eigenvalue weighted by atomic mass is 10.1. The van der Waals surface area contributed by atoms with Gasteiger partial charge in [0.2, 0.25) is 0 Å². The molecule has 0 spiro atoms. The van der Waals surface area contributed by atoms with Gasteiger partial charge in [0.15, 0.2) is 0 Å². The molecule has 0 bridgehead atoms. The van der Waals surface area contributed by atoms with Crippen LogP contribution >= 0.6 is 0 Å². The Kier molecular flexibility index (Phi) is 4.76. The molecule has 2 aromatic rings. The van der Waals surface area contributed by atoms with E-state index in [1.54, 1.807) is 25.3 Å². The molecule has 2 aromatic carbocycles. The van der Waals surface area contributed by atoms with Crippen LogP contribution in [-0.2, 0) is 16.4 Å². The zero-order chi connectivity index (χ0) is 16.3. The summed E-state index contributed by atoms with van der Waals surface area (Å²) in [6.45, 7) is 5.74. The van der Waals surface area contributed by atoms with Crippen LogP contribution in [0.1, 0.15) is 23.6 Å². The minimum atomic E-state index is -3.62. The number of para-hydroxylation sites is 1. The van der Waals surface area contributed by atoms with E-state index in [-0.39, 0.29) is 4.90 Å². The minimum Gasteiger partial charge on any atom is -0.496 e. The van der Waals surface area contributed by atoms with Crippen LogP contribution < -0.4 is 9.46 Å². The summed E-state index contributed by atoms with van der Waals surface area (Å²) < 4.78 is 33.2. The second-order valence-corrected chi connectivity index (χ2v) is 6.88. The third-order valence-corrected chi connectivity index (χ3v) is 5.01. The van der Waals surface area contributed by atoms with E-state index in [1.807, 2.05) is 39.0 Å². The lowest BCUT2D eigenvalue weighted by molar-refractivity contribution is 0.409. The zero-order valence-electron chi connectivity index (χ0n) is 13.3. The highest BCUT2D eigenvalue weighted by molar-refractivity contribution is 7.92. The Labute approximate surface area is 132 Å². The predicted octanol–water partition coefficient (Wildman–Crippen LogP) is 3.68. The van der Waals surface area contributed by atoms with Crippen LogP contribution in [0.15, 0.2) is 41.3 Å². The van der Waals surface area contributed by atoms with Gasteiger partial charge in [-0.05, 0) is 55.2 Å². The summed E-state index contributed by atoms with van der Waals surface area (Å²) in [6.07, 6.45) is 0.704. The molecular formula is C17H21NO3S. The molecule has 0 amide bonds. The molecule has 0 unspecified atom stereocenters.